The van der Waals surface area contributed by atoms with E-state index in [4.69, 9.17) is 5.73 Å². The molecule has 3 aromatic rings. The van der Waals surface area contributed by atoms with Gasteiger partial charge in [-0.1, -0.05) is 125 Å². The Morgan fingerprint density at radius 2 is 1.22 bits per heavy atom. The van der Waals surface area contributed by atoms with Crippen LogP contribution in [0.3, 0.4) is 0 Å². The first-order valence-electron chi connectivity index (χ1n) is 21.1. The molecule has 0 saturated carbocycles. The number of imide groups is 1. The van der Waals surface area contributed by atoms with E-state index in [-0.39, 0.29) is 43.4 Å². The van der Waals surface area contributed by atoms with E-state index in [9.17, 15) is 33.9 Å². The van der Waals surface area contributed by atoms with Gasteiger partial charge in [0, 0.05) is 12.8 Å². The first-order chi connectivity index (χ1) is 28.7. The molecule has 324 valence electrons. The summed E-state index contributed by atoms with van der Waals surface area (Å²) in [6.07, 6.45) is 0.960. The van der Waals surface area contributed by atoms with Crippen LogP contribution in [0.1, 0.15) is 76.5 Å². The van der Waals surface area contributed by atoms with E-state index in [2.05, 4.69) is 31.9 Å². The molecule has 0 spiro atoms. The largest absolute Gasteiger partial charge is 0.390 e. The van der Waals surface area contributed by atoms with Gasteiger partial charge in [0.2, 0.25) is 35.4 Å². The van der Waals surface area contributed by atoms with Gasteiger partial charge in [0.05, 0.1) is 30.7 Å². The molecule has 1 saturated heterocycles. The van der Waals surface area contributed by atoms with Crippen LogP contribution in [0.25, 0.3) is 0 Å². The number of benzene rings is 3. The highest BCUT2D eigenvalue weighted by molar-refractivity contribution is 6.01. The number of nitrogens with two attached hydrogens (primary N) is 1. The highest BCUT2D eigenvalue weighted by atomic mass is 16.3. The van der Waals surface area contributed by atoms with Gasteiger partial charge >= 0.3 is 0 Å². The first kappa shape index (κ1) is 47.2. The molecule has 6 amide bonds. The Labute approximate surface area is 353 Å². The molecule has 1 aliphatic heterocycles. The van der Waals surface area contributed by atoms with Crippen LogP contribution in [-0.2, 0) is 48.0 Å². The van der Waals surface area contributed by atoms with Crippen molar-refractivity contribution in [3.8, 4) is 0 Å². The lowest BCUT2D eigenvalue weighted by Gasteiger charge is -2.30. The molecule has 9 N–H and O–H groups in total. The predicted octanol–water partition coefficient (Wildman–Crippen LogP) is 2.22. The Morgan fingerprint density at radius 1 is 0.700 bits per heavy atom. The standard InChI is InChI=1S/C46H63N7O7/c1-5-30(4)41(46(60)53-42(56)34(47)25-31-16-9-6-10-17-31)52-40(55)28-39(54)36(24-29(2)3)49-44(58)37(26-32-18-11-7-12-19-32)51-45(59)38(27-33-20-13-8-14-21-33)50-43(57)35-22-15-23-48-35/h6-14,16-21,29-30,34-39,41,48,54H,5,15,22-28,47H2,1-4H3,(H,49,58)(H,50,57)(H,51,59)(H,52,55)(H,53,56,60)/t30-,34-,35-,36?,37-,38-,39?,41-/m0/s1. The van der Waals surface area contributed by atoms with Gasteiger partial charge in [0.25, 0.3) is 0 Å². The average molecular weight is 826 g/mol. The molecular formula is C46H63N7O7. The van der Waals surface area contributed by atoms with Crippen LogP contribution in [0.4, 0.5) is 0 Å². The molecule has 4 rings (SSSR count). The minimum atomic E-state index is -1.38. The molecule has 0 bridgehead atoms. The van der Waals surface area contributed by atoms with E-state index in [0.717, 1.165) is 23.1 Å². The average Bonchev–Trinajstić information content (AvgIpc) is 3.78. The van der Waals surface area contributed by atoms with Gasteiger partial charge < -0.3 is 37.4 Å². The third-order valence-corrected chi connectivity index (χ3v) is 10.8. The molecule has 8 atom stereocenters. The van der Waals surface area contributed by atoms with E-state index in [1.165, 1.54) is 0 Å². The molecule has 60 heavy (non-hydrogen) atoms. The molecule has 14 heteroatoms. The Bertz CT molecular complexity index is 1840. The van der Waals surface area contributed by atoms with E-state index in [1.54, 1.807) is 6.92 Å². The lowest BCUT2D eigenvalue weighted by Crippen LogP contribution is -2.58. The third kappa shape index (κ3) is 15.3. The van der Waals surface area contributed by atoms with Gasteiger partial charge in [0.1, 0.15) is 18.1 Å². The summed E-state index contributed by atoms with van der Waals surface area (Å²) in [6, 6.07) is 22.1. The number of aliphatic hydroxyl groups excluding tert-OH is 1. The molecule has 1 fully saturated rings. The summed E-state index contributed by atoms with van der Waals surface area (Å²) in [5, 5.41) is 28.4. The summed E-state index contributed by atoms with van der Waals surface area (Å²) in [5.74, 6) is -3.86. The van der Waals surface area contributed by atoms with Crippen molar-refractivity contribution in [2.75, 3.05) is 6.54 Å². The maximum Gasteiger partial charge on any atom is 0.249 e. The number of carbonyl (C=O) groups is 6. The smallest absolute Gasteiger partial charge is 0.249 e. The molecule has 0 aliphatic carbocycles. The fourth-order valence-electron chi connectivity index (χ4n) is 7.19. The topological polar surface area (TPSA) is 221 Å². The van der Waals surface area contributed by atoms with E-state index in [0.29, 0.717) is 19.4 Å². The van der Waals surface area contributed by atoms with Crippen molar-refractivity contribution in [2.24, 2.45) is 17.6 Å². The second-order valence-electron chi connectivity index (χ2n) is 16.2. The van der Waals surface area contributed by atoms with Gasteiger partial charge in [-0.15, -0.1) is 0 Å². The van der Waals surface area contributed by atoms with E-state index in [1.807, 2.05) is 112 Å². The van der Waals surface area contributed by atoms with Gasteiger partial charge in [-0.3, -0.25) is 34.1 Å². The van der Waals surface area contributed by atoms with Crippen LogP contribution in [-0.4, -0.2) is 89.4 Å². The van der Waals surface area contributed by atoms with Crippen LogP contribution in [0.5, 0.6) is 0 Å². The van der Waals surface area contributed by atoms with Gasteiger partial charge in [-0.05, 0) is 60.8 Å². The Morgan fingerprint density at radius 3 is 1.72 bits per heavy atom. The quantitative estimate of drug-likeness (QED) is 0.0744. The summed E-state index contributed by atoms with van der Waals surface area (Å²) in [4.78, 5) is 81.3. The van der Waals surface area contributed by atoms with Crippen LogP contribution < -0.4 is 37.6 Å². The van der Waals surface area contributed by atoms with Gasteiger partial charge in [-0.2, -0.15) is 0 Å². The first-order valence-corrected chi connectivity index (χ1v) is 21.1. The number of carbonyl (C=O) groups excluding carboxylic acids is 6. The lowest BCUT2D eigenvalue weighted by atomic mass is 9.95. The number of amides is 6. The Balaban J connectivity index is 1.47. The van der Waals surface area contributed by atoms with Crippen LogP contribution >= 0.6 is 0 Å². The summed E-state index contributed by atoms with van der Waals surface area (Å²) in [5.41, 5.74) is 8.53. The second-order valence-corrected chi connectivity index (χ2v) is 16.2. The SMILES string of the molecule is CC[C@H](C)[C@H](NC(=O)CC(O)C(CC(C)C)NC(=O)[C@H](Cc1ccccc1)NC(=O)[C@H](Cc1ccccc1)NC(=O)[C@@H]1CCCN1)C(=O)NC(=O)[C@@H](N)Cc1ccccc1. The van der Waals surface area contributed by atoms with Crippen LogP contribution in [0, 0.1) is 11.8 Å². The Hall–Kier alpha value is -5.44. The van der Waals surface area contributed by atoms with Gasteiger partial charge in [-0.25, -0.2) is 0 Å². The minimum absolute atomic E-state index is 0.0189. The van der Waals surface area contributed by atoms with Crippen molar-refractivity contribution in [1.82, 2.24) is 31.9 Å². The molecule has 2 unspecified atom stereocenters. The zero-order valence-corrected chi connectivity index (χ0v) is 35.2. The molecule has 14 nitrogen and oxygen atoms in total. The van der Waals surface area contributed by atoms with E-state index < -0.39 is 78.3 Å². The fraction of sp³-hybridized carbons (Fsp3) is 0.478. The van der Waals surface area contributed by atoms with Crippen molar-refractivity contribution < 1.29 is 33.9 Å². The zero-order valence-electron chi connectivity index (χ0n) is 35.2. The maximum absolute atomic E-state index is 14.2. The van der Waals surface area contributed by atoms with Crippen LogP contribution in [0.2, 0.25) is 0 Å². The van der Waals surface area contributed by atoms with Gasteiger partial charge in [0.15, 0.2) is 0 Å². The fourth-order valence-corrected chi connectivity index (χ4v) is 7.19. The molecule has 1 aliphatic rings. The van der Waals surface area contributed by atoms with Crippen molar-refractivity contribution in [1.29, 1.82) is 0 Å². The van der Waals surface area contributed by atoms with Crippen molar-refractivity contribution in [3.05, 3.63) is 108 Å². The normalized spacial score (nSPS) is 17.2. The third-order valence-electron chi connectivity index (χ3n) is 10.8. The molecule has 0 aromatic heterocycles. The summed E-state index contributed by atoms with van der Waals surface area (Å²) in [7, 11) is 0. The summed E-state index contributed by atoms with van der Waals surface area (Å²) >= 11 is 0. The highest BCUT2D eigenvalue weighted by Crippen LogP contribution is 2.15. The minimum Gasteiger partial charge on any atom is -0.390 e. The highest BCUT2D eigenvalue weighted by Gasteiger charge is 2.34. The van der Waals surface area contributed by atoms with Crippen molar-refractivity contribution in [3.63, 3.8) is 0 Å². The number of nitrogens with one attached hydrogen (secondary N) is 6. The zero-order chi connectivity index (χ0) is 43.6. The number of hydrogen-bond donors (Lipinski definition) is 8. The monoisotopic (exact) mass is 825 g/mol. The van der Waals surface area contributed by atoms with Crippen molar-refractivity contribution >= 4 is 35.4 Å². The second kappa shape index (κ2) is 24.0. The summed E-state index contributed by atoms with van der Waals surface area (Å²) in [6.45, 7) is 8.14. The Kier molecular flexibility index (Phi) is 18.9. The van der Waals surface area contributed by atoms with Crippen molar-refractivity contribution in [2.45, 2.75) is 121 Å². The number of rotatable bonds is 22. The lowest BCUT2D eigenvalue weighted by molar-refractivity contribution is -0.136. The molecule has 0 radical (unpaired) electrons. The summed E-state index contributed by atoms with van der Waals surface area (Å²) < 4.78 is 0. The molecule has 1 heterocycles. The number of hydrogen-bond acceptors (Lipinski definition) is 9. The van der Waals surface area contributed by atoms with Crippen LogP contribution in [0.15, 0.2) is 91.0 Å². The molecular weight excluding hydrogens is 763 g/mol. The number of aliphatic hydroxyl groups is 1. The van der Waals surface area contributed by atoms with E-state index >= 15 is 0 Å². The predicted molar refractivity (Wildman–Crippen MR) is 230 cm³/mol. The maximum atomic E-state index is 14.2. The molecule has 3 aromatic carbocycles.